The molecule has 0 unspecified atom stereocenters. The van der Waals surface area contributed by atoms with Crippen molar-refractivity contribution in [2.75, 3.05) is 6.61 Å². The largest absolute Gasteiger partial charge is 0.367 e. The van der Waals surface area contributed by atoms with Crippen LogP contribution < -0.4 is 0 Å². The van der Waals surface area contributed by atoms with Crippen LogP contribution in [0.5, 0.6) is 0 Å². The van der Waals surface area contributed by atoms with Gasteiger partial charge in [0.25, 0.3) is 0 Å². The minimum Gasteiger partial charge on any atom is -0.367 e. The van der Waals surface area contributed by atoms with E-state index in [9.17, 15) is 4.79 Å². The highest BCUT2D eigenvalue weighted by Gasteiger charge is 2.45. The number of hydrogen-bond donors (Lipinski definition) is 0. The molecular weight excluding hydrogens is 164 g/mol. The predicted octanol–water partition coefficient (Wildman–Crippen LogP) is 2.56. The highest BCUT2D eigenvalue weighted by Crippen LogP contribution is 2.38. The van der Waals surface area contributed by atoms with E-state index in [1.165, 1.54) is 0 Å². The molecule has 0 saturated heterocycles. The molecule has 0 aromatic heterocycles. The van der Waals surface area contributed by atoms with Gasteiger partial charge in [0.1, 0.15) is 5.60 Å². The van der Waals surface area contributed by atoms with Gasteiger partial charge < -0.3 is 4.74 Å². The fourth-order valence-corrected chi connectivity index (χ4v) is 1.78. The first-order valence-electron chi connectivity index (χ1n) is 5.30. The van der Waals surface area contributed by atoms with E-state index in [2.05, 4.69) is 6.92 Å². The highest BCUT2D eigenvalue weighted by atomic mass is 16.5. The van der Waals surface area contributed by atoms with Gasteiger partial charge in [-0.15, -0.1) is 0 Å². The molecular formula is C11H20O2. The molecule has 0 aromatic rings. The maximum Gasteiger partial charge on any atom is 0.167 e. The number of carbonyl (C=O) groups is 1. The molecule has 76 valence electrons. The molecule has 2 nitrogen and oxygen atoms in total. The second kappa shape index (κ2) is 4.23. The summed E-state index contributed by atoms with van der Waals surface area (Å²) in [4.78, 5) is 11.8. The Labute approximate surface area is 80.7 Å². The van der Waals surface area contributed by atoms with E-state index < -0.39 is 0 Å². The molecule has 0 heterocycles. The Kier molecular flexibility index (Phi) is 3.48. The van der Waals surface area contributed by atoms with Crippen LogP contribution in [0, 0.1) is 5.92 Å². The van der Waals surface area contributed by atoms with E-state index in [1.807, 2.05) is 13.8 Å². The zero-order valence-electron chi connectivity index (χ0n) is 8.93. The summed E-state index contributed by atoms with van der Waals surface area (Å²) in [5, 5.41) is 0. The van der Waals surface area contributed by atoms with Gasteiger partial charge in [0.05, 0.1) is 0 Å². The lowest BCUT2D eigenvalue weighted by molar-refractivity contribution is -0.161. The Morgan fingerprint density at radius 3 is 2.38 bits per heavy atom. The van der Waals surface area contributed by atoms with Crippen LogP contribution in [0.15, 0.2) is 0 Å². The maximum absolute atomic E-state index is 11.8. The maximum atomic E-state index is 11.8. The summed E-state index contributed by atoms with van der Waals surface area (Å²) in [7, 11) is 0. The molecule has 0 N–H and O–H groups in total. The monoisotopic (exact) mass is 184 g/mol. The lowest BCUT2D eigenvalue weighted by atomic mass is 9.73. The Morgan fingerprint density at radius 1 is 1.46 bits per heavy atom. The van der Waals surface area contributed by atoms with Crippen molar-refractivity contribution in [2.24, 2.45) is 5.92 Å². The molecule has 0 spiro atoms. The number of ether oxygens (including phenoxy) is 1. The second-order valence-corrected chi connectivity index (χ2v) is 4.22. The molecule has 0 bridgehead atoms. The average Bonchev–Trinajstić information content (AvgIpc) is 2.02. The van der Waals surface area contributed by atoms with Gasteiger partial charge in [-0.05, 0) is 25.7 Å². The standard InChI is InChI=1S/C11H20O2/c1-4-8-13-11(6-5-7-11)10(12)9(2)3/h9H,4-8H2,1-3H3. The highest BCUT2D eigenvalue weighted by molar-refractivity contribution is 5.89. The first kappa shape index (κ1) is 10.7. The summed E-state index contributed by atoms with van der Waals surface area (Å²) >= 11 is 0. The van der Waals surface area contributed by atoms with E-state index >= 15 is 0 Å². The fraction of sp³-hybridized carbons (Fsp3) is 0.909. The van der Waals surface area contributed by atoms with E-state index in [0.717, 1.165) is 32.3 Å². The second-order valence-electron chi connectivity index (χ2n) is 4.22. The fourth-order valence-electron chi connectivity index (χ4n) is 1.78. The predicted molar refractivity (Wildman–Crippen MR) is 52.7 cm³/mol. The quantitative estimate of drug-likeness (QED) is 0.656. The van der Waals surface area contributed by atoms with Crippen molar-refractivity contribution < 1.29 is 9.53 Å². The minimum atomic E-state index is -0.385. The van der Waals surface area contributed by atoms with Crippen molar-refractivity contribution in [1.82, 2.24) is 0 Å². The van der Waals surface area contributed by atoms with Crippen LogP contribution >= 0.6 is 0 Å². The molecule has 0 atom stereocenters. The topological polar surface area (TPSA) is 26.3 Å². The van der Waals surface area contributed by atoms with Crippen LogP contribution in [0.3, 0.4) is 0 Å². The number of Topliss-reactive ketones (excluding diaryl/α,β-unsaturated/α-hetero) is 1. The van der Waals surface area contributed by atoms with Crippen molar-refractivity contribution in [3.05, 3.63) is 0 Å². The molecule has 2 heteroatoms. The Balaban J connectivity index is 2.53. The summed E-state index contributed by atoms with van der Waals surface area (Å²) in [6.45, 7) is 6.71. The van der Waals surface area contributed by atoms with Crippen molar-refractivity contribution >= 4 is 5.78 Å². The van der Waals surface area contributed by atoms with E-state index in [1.54, 1.807) is 0 Å². The SMILES string of the molecule is CCCOC1(C(=O)C(C)C)CCC1. The Morgan fingerprint density at radius 2 is 2.08 bits per heavy atom. The zero-order valence-corrected chi connectivity index (χ0v) is 8.93. The molecule has 0 amide bonds. The lowest BCUT2D eigenvalue weighted by Crippen LogP contribution is -2.49. The Bertz CT molecular complexity index is 181. The molecule has 1 aliphatic rings. The number of ketones is 1. The van der Waals surface area contributed by atoms with Crippen LogP contribution in [0.4, 0.5) is 0 Å². The van der Waals surface area contributed by atoms with Crippen molar-refractivity contribution in [1.29, 1.82) is 0 Å². The molecule has 1 saturated carbocycles. The van der Waals surface area contributed by atoms with Gasteiger partial charge >= 0.3 is 0 Å². The molecule has 1 rings (SSSR count). The molecule has 0 aromatic carbocycles. The number of rotatable bonds is 5. The number of hydrogen-bond acceptors (Lipinski definition) is 2. The third kappa shape index (κ3) is 2.11. The van der Waals surface area contributed by atoms with Gasteiger partial charge in [0.15, 0.2) is 5.78 Å². The van der Waals surface area contributed by atoms with Crippen molar-refractivity contribution in [3.8, 4) is 0 Å². The van der Waals surface area contributed by atoms with Crippen LogP contribution in [0.25, 0.3) is 0 Å². The third-order valence-corrected chi connectivity index (χ3v) is 2.72. The van der Waals surface area contributed by atoms with E-state index in [4.69, 9.17) is 4.74 Å². The molecule has 0 radical (unpaired) electrons. The van der Waals surface area contributed by atoms with Crippen LogP contribution in [0.1, 0.15) is 46.5 Å². The molecule has 1 fully saturated rings. The van der Waals surface area contributed by atoms with Crippen LogP contribution in [-0.2, 0) is 9.53 Å². The lowest BCUT2D eigenvalue weighted by Gasteiger charge is -2.41. The van der Waals surface area contributed by atoms with Crippen LogP contribution in [0.2, 0.25) is 0 Å². The average molecular weight is 184 g/mol. The van der Waals surface area contributed by atoms with E-state index in [0.29, 0.717) is 5.78 Å². The van der Waals surface area contributed by atoms with Crippen molar-refractivity contribution in [3.63, 3.8) is 0 Å². The van der Waals surface area contributed by atoms with Gasteiger partial charge in [-0.1, -0.05) is 20.8 Å². The summed E-state index contributed by atoms with van der Waals surface area (Å²) in [6.07, 6.45) is 4.00. The first-order valence-corrected chi connectivity index (χ1v) is 5.30. The van der Waals surface area contributed by atoms with Crippen LogP contribution in [-0.4, -0.2) is 18.0 Å². The summed E-state index contributed by atoms with van der Waals surface area (Å²) in [5.74, 6) is 0.407. The van der Waals surface area contributed by atoms with Gasteiger partial charge in [0.2, 0.25) is 0 Å². The minimum absolute atomic E-state index is 0.108. The first-order chi connectivity index (χ1) is 6.12. The zero-order chi connectivity index (χ0) is 9.90. The summed E-state index contributed by atoms with van der Waals surface area (Å²) in [6, 6.07) is 0. The summed E-state index contributed by atoms with van der Waals surface area (Å²) < 4.78 is 5.69. The van der Waals surface area contributed by atoms with Gasteiger partial charge in [-0.3, -0.25) is 4.79 Å². The van der Waals surface area contributed by atoms with Gasteiger partial charge in [-0.2, -0.15) is 0 Å². The molecule has 13 heavy (non-hydrogen) atoms. The summed E-state index contributed by atoms with van der Waals surface area (Å²) in [5.41, 5.74) is -0.385. The van der Waals surface area contributed by atoms with Gasteiger partial charge in [-0.25, -0.2) is 0 Å². The molecule has 1 aliphatic carbocycles. The smallest absolute Gasteiger partial charge is 0.167 e. The van der Waals surface area contributed by atoms with Gasteiger partial charge in [0, 0.05) is 12.5 Å². The van der Waals surface area contributed by atoms with E-state index in [-0.39, 0.29) is 11.5 Å². The number of carbonyl (C=O) groups excluding carboxylic acids is 1. The Hall–Kier alpha value is -0.370. The van der Waals surface area contributed by atoms with Crippen molar-refractivity contribution in [2.45, 2.75) is 52.1 Å². The normalized spacial score (nSPS) is 20.0. The molecule has 0 aliphatic heterocycles. The third-order valence-electron chi connectivity index (χ3n) is 2.72.